The van der Waals surface area contributed by atoms with E-state index in [4.69, 9.17) is 10.8 Å². The summed E-state index contributed by atoms with van der Waals surface area (Å²) < 4.78 is 0. The zero-order valence-corrected chi connectivity index (χ0v) is 11.1. The lowest BCUT2D eigenvalue weighted by molar-refractivity contribution is 0.283. The summed E-state index contributed by atoms with van der Waals surface area (Å²) in [7, 11) is 0. The Morgan fingerprint density at radius 3 is 2.41 bits per heavy atom. The summed E-state index contributed by atoms with van der Waals surface area (Å²) in [5.41, 5.74) is 11.0. The first kappa shape index (κ1) is 14.2. The fourth-order valence-electron chi connectivity index (χ4n) is 2.03. The van der Waals surface area contributed by atoms with E-state index in [1.54, 1.807) is 0 Å². The summed E-state index contributed by atoms with van der Waals surface area (Å²) in [6.07, 6.45) is 0.764. The average molecular weight is 236 g/mol. The van der Waals surface area contributed by atoms with Crippen molar-refractivity contribution in [2.45, 2.75) is 33.2 Å². The molecule has 0 aliphatic carbocycles. The van der Waals surface area contributed by atoms with E-state index in [0.29, 0.717) is 6.54 Å². The largest absolute Gasteiger partial charge is 0.396 e. The molecule has 1 aromatic carbocycles. The Hall–Kier alpha value is -0.900. The summed E-state index contributed by atoms with van der Waals surface area (Å²) in [6.45, 7) is 7.97. The van der Waals surface area contributed by atoms with Crippen molar-refractivity contribution in [2.75, 3.05) is 19.7 Å². The number of nitrogens with two attached hydrogens (primary N) is 1. The Labute approximate surface area is 104 Å². The number of nitrogens with one attached hydrogen (secondary N) is 1. The van der Waals surface area contributed by atoms with E-state index in [9.17, 15) is 0 Å². The third-order valence-corrected chi connectivity index (χ3v) is 3.22. The third kappa shape index (κ3) is 3.80. The van der Waals surface area contributed by atoms with E-state index in [0.717, 1.165) is 13.0 Å². The normalized spacial score (nSPS) is 12.8. The molecule has 96 valence electrons. The van der Waals surface area contributed by atoms with Gasteiger partial charge in [0.1, 0.15) is 0 Å². The Morgan fingerprint density at radius 2 is 1.82 bits per heavy atom. The number of aliphatic hydroxyl groups excluding tert-OH is 1. The molecule has 1 rings (SSSR count). The molecule has 1 aromatic rings. The number of benzene rings is 1. The van der Waals surface area contributed by atoms with E-state index < -0.39 is 0 Å². The molecule has 0 spiro atoms. The molecule has 0 aromatic heterocycles. The van der Waals surface area contributed by atoms with Gasteiger partial charge in [-0.05, 0) is 56.0 Å². The Morgan fingerprint density at radius 1 is 1.18 bits per heavy atom. The van der Waals surface area contributed by atoms with Gasteiger partial charge in [0.15, 0.2) is 0 Å². The first-order valence-corrected chi connectivity index (χ1v) is 6.22. The standard InChI is InChI=1S/C14H24N2O/c1-10-7-12(3)13(8-11(10)2)14(9-15)16-5-4-6-17/h7-8,14,16-17H,4-6,9,15H2,1-3H3. The molecule has 3 nitrogen and oxygen atoms in total. The van der Waals surface area contributed by atoms with Gasteiger partial charge in [-0.2, -0.15) is 0 Å². The van der Waals surface area contributed by atoms with Crippen molar-refractivity contribution < 1.29 is 5.11 Å². The second-order valence-electron chi connectivity index (χ2n) is 4.61. The molecule has 3 heteroatoms. The maximum absolute atomic E-state index is 8.79. The van der Waals surface area contributed by atoms with Crippen LogP contribution in [0.5, 0.6) is 0 Å². The van der Waals surface area contributed by atoms with Gasteiger partial charge >= 0.3 is 0 Å². The van der Waals surface area contributed by atoms with Crippen LogP contribution in [0.4, 0.5) is 0 Å². The lowest BCUT2D eigenvalue weighted by Gasteiger charge is -2.20. The van der Waals surface area contributed by atoms with Gasteiger partial charge in [0, 0.05) is 19.2 Å². The Balaban J connectivity index is 2.84. The van der Waals surface area contributed by atoms with Gasteiger partial charge in [-0.3, -0.25) is 0 Å². The number of hydrogen-bond acceptors (Lipinski definition) is 3. The molecule has 17 heavy (non-hydrogen) atoms. The summed E-state index contributed by atoms with van der Waals surface area (Å²) in [5, 5.41) is 12.2. The number of aliphatic hydroxyl groups is 1. The van der Waals surface area contributed by atoms with Crippen LogP contribution in [0, 0.1) is 20.8 Å². The minimum absolute atomic E-state index is 0.181. The van der Waals surface area contributed by atoms with Gasteiger partial charge in [0.05, 0.1) is 0 Å². The zero-order chi connectivity index (χ0) is 12.8. The predicted octanol–water partition coefficient (Wildman–Crippen LogP) is 1.58. The quantitative estimate of drug-likeness (QED) is 0.657. The highest BCUT2D eigenvalue weighted by molar-refractivity contribution is 5.38. The highest BCUT2D eigenvalue weighted by atomic mass is 16.3. The minimum atomic E-state index is 0.181. The van der Waals surface area contributed by atoms with Gasteiger partial charge < -0.3 is 16.2 Å². The van der Waals surface area contributed by atoms with Crippen LogP contribution in [0.1, 0.15) is 34.7 Å². The molecule has 0 aliphatic rings. The van der Waals surface area contributed by atoms with E-state index in [1.807, 2.05) is 0 Å². The summed E-state index contributed by atoms with van der Waals surface area (Å²) in [4.78, 5) is 0. The molecule has 0 fully saturated rings. The Kier molecular flexibility index (Phi) is 5.62. The maximum atomic E-state index is 8.79. The predicted molar refractivity (Wildman–Crippen MR) is 72.2 cm³/mol. The van der Waals surface area contributed by atoms with Crippen molar-refractivity contribution in [3.8, 4) is 0 Å². The van der Waals surface area contributed by atoms with Crippen molar-refractivity contribution in [1.29, 1.82) is 0 Å². The monoisotopic (exact) mass is 236 g/mol. The SMILES string of the molecule is Cc1cc(C)c(C(CN)NCCCO)cc1C. The summed E-state index contributed by atoms with van der Waals surface area (Å²) in [5.74, 6) is 0. The van der Waals surface area contributed by atoms with Crippen LogP contribution < -0.4 is 11.1 Å². The smallest absolute Gasteiger partial charge is 0.0447 e. The lowest BCUT2D eigenvalue weighted by atomic mass is 9.95. The van der Waals surface area contributed by atoms with Crippen LogP contribution in [0.2, 0.25) is 0 Å². The molecule has 0 bridgehead atoms. The molecule has 0 aliphatic heterocycles. The first-order chi connectivity index (χ1) is 8.10. The van der Waals surface area contributed by atoms with E-state index in [-0.39, 0.29) is 12.6 Å². The molecule has 0 radical (unpaired) electrons. The second kappa shape index (κ2) is 6.74. The average Bonchev–Trinajstić information content (AvgIpc) is 2.30. The van der Waals surface area contributed by atoms with Crippen LogP contribution in [-0.2, 0) is 0 Å². The topological polar surface area (TPSA) is 58.3 Å². The fraction of sp³-hybridized carbons (Fsp3) is 0.571. The van der Waals surface area contributed by atoms with Gasteiger partial charge in [-0.1, -0.05) is 12.1 Å². The van der Waals surface area contributed by atoms with Gasteiger partial charge in [-0.15, -0.1) is 0 Å². The van der Waals surface area contributed by atoms with Crippen LogP contribution in [0.3, 0.4) is 0 Å². The van der Waals surface area contributed by atoms with Crippen molar-refractivity contribution in [2.24, 2.45) is 5.73 Å². The lowest BCUT2D eigenvalue weighted by Crippen LogP contribution is -2.30. The molecule has 1 atom stereocenters. The third-order valence-electron chi connectivity index (χ3n) is 3.22. The summed E-state index contributed by atoms with van der Waals surface area (Å²) in [6, 6.07) is 4.61. The van der Waals surface area contributed by atoms with Crippen LogP contribution in [0.15, 0.2) is 12.1 Å². The van der Waals surface area contributed by atoms with Gasteiger partial charge in [0.25, 0.3) is 0 Å². The minimum Gasteiger partial charge on any atom is -0.396 e. The number of aryl methyl sites for hydroxylation is 3. The molecule has 0 saturated heterocycles. The van der Waals surface area contributed by atoms with Crippen LogP contribution >= 0.6 is 0 Å². The molecule has 0 saturated carbocycles. The van der Waals surface area contributed by atoms with Crippen molar-refractivity contribution >= 4 is 0 Å². The highest BCUT2D eigenvalue weighted by Crippen LogP contribution is 2.21. The van der Waals surface area contributed by atoms with Crippen LogP contribution in [0.25, 0.3) is 0 Å². The van der Waals surface area contributed by atoms with E-state index in [1.165, 1.54) is 22.3 Å². The van der Waals surface area contributed by atoms with Crippen molar-refractivity contribution in [1.82, 2.24) is 5.32 Å². The highest BCUT2D eigenvalue weighted by Gasteiger charge is 2.12. The number of hydrogen-bond donors (Lipinski definition) is 3. The van der Waals surface area contributed by atoms with Gasteiger partial charge in [-0.25, -0.2) is 0 Å². The zero-order valence-electron chi connectivity index (χ0n) is 11.1. The van der Waals surface area contributed by atoms with Crippen molar-refractivity contribution in [3.63, 3.8) is 0 Å². The first-order valence-electron chi connectivity index (χ1n) is 6.22. The Bertz CT molecular complexity index is 363. The van der Waals surface area contributed by atoms with Crippen LogP contribution in [-0.4, -0.2) is 24.8 Å². The molecule has 0 heterocycles. The molecule has 4 N–H and O–H groups in total. The molecule has 0 amide bonds. The molecular weight excluding hydrogens is 212 g/mol. The van der Waals surface area contributed by atoms with Crippen molar-refractivity contribution in [3.05, 3.63) is 34.4 Å². The van der Waals surface area contributed by atoms with E-state index >= 15 is 0 Å². The molecular formula is C14H24N2O. The second-order valence-corrected chi connectivity index (χ2v) is 4.61. The van der Waals surface area contributed by atoms with Gasteiger partial charge in [0.2, 0.25) is 0 Å². The number of rotatable bonds is 6. The summed E-state index contributed by atoms with van der Waals surface area (Å²) >= 11 is 0. The fourth-order valence-corrected chi connectivity index (χ4v) is 2.03. The maximum Gasteiger partial charge on any atom is 0.0447 e. The molecule has 1 unspecified atom stereocenters. The van der Waals surface area contributed by atoms with E-state index in [2.05, 4.69) is 38.2 Å².